The summed E-state index contributed by atoms with van der Waals surface area (Å²) in [6, 6.07) is 1.87. The molecule has 1 aromatic rings. The van der Waals surface area contributed by atoms with Gasteiger partial charge in [0.05, 0.1) is 0 Å². The van der Waals surface area contributed by atoms with Crippen molar-refractivity contribution in [2.75, 3.05) is 0 Å². The second-order valence-corrected chi connectivity index (χ2v) is 3.64. The summed E-state index contributed by atoms with van der Waals surface area (Å²) < 4.78 is 14.1. The largest absolute Gasteiger partial charge is 0.326 e. The molecule has 0 spiro atoms. The van der Waals surface area contributed by atoms with Crippen molar-refractivity contribution in [3.05, 3.63) is 33.0 Å². The van der Waals surface area contributed by atoms with Crippen LogP contribution in [0.2, 0.25) is 0 Å². The molecule has 0 heterocycles. The lowest BCUT2D eigenvalue weighted by molar-refractivity contribution is 0.605. The molecule has 0 aromatic heterocycles. The van der Waals surface area contributed by atoms with Crippen LogP contribution in [0.25, 0.3) is 0 Å². The van der Waals surface area contributed by atoms with Gasteiger partial charge in [0.15, 0.2) is 0 Å². The van der Waals surface area contributed by atoms with Gasteiger partial charge in [-0.1, -0.05) is 15.9 Å². The molecule has 0 unspecified atom stereocenters. The summed E-state index contributed by atoms with van der Waals surface area (Å²) in [6.45, 7) is 3.87. The number of nitrogens with two attached hydrogens (primary N) is 1. The zero-order valence-electron chi connectivity index (χ0n) is 7.12. The minimum Gasteiger partial charge on any atom is -0.326 e. The summed E-state index contributed by atoms with van der Waals surface area (Å²) in [5.41, 5.74) is 7.60. The smallest absolute Gasteiger partial charge is 0.130 e. The van der Waals surface area contributed by atoms with Gasteiger partial charge in [-0.2, -0.15) is 0 Å². The molecule has 2 N–H and O–H groups in total. The molecule has 12 heavy (non-hydrogen) atoms. The van der Waals surface area contributed by atoms with Crippen LogP contribution in [0.15, 0.2) is 10.5 Å². The highest BCUT2D eigenvalue weighted by molar-refractivity contribution is 9.10. The van der Waals surface area contributed by atoms with E-state index in [4.69, 9.17) is 5.73 Å². The fourth-order valence-corrected chi connectivity index (χ4v) is 1.56. The monoisotopic (exact) mass is 231 g/mol. The minimum atomic E-state index is -0.162. The molecule has 0 bridgehead atoms. The molecule has 0 saturated carbocycles. The topological polar surface area (TPSA) is 26.0 Å². The van der Waals surface area contributed by atoms with Gasteiger partial charge < -0.3 is 5.73 Å². The Morgan fingerprint density at radius 3 is 2.50 bits per heavy atom. The van der Waals surface area contributed by atoms with Crippen molar-refractivity contribution < 1.29 is 4.39 Å². The van der Waals surface area contributed by atoms with Crippen molar-refractivity contribution in [3.8, 4) is 0 Å². The number of benzene rings is 1. The molecular formula is C9H11BrFN. The van der Waals surface area contributed by atoms with E-state index in [1.807, 2.05) is 6.07 Å². The quantitative estimate of drug-likeness (QED) is 0.791. The Bertz CT molecular complexity index is 310. The maximum atomic E-state index is 13.4. The second-order valence-electron chi connectivity index (χ2n) is 2.79. The van der Waals surface area contributed by atoms with Crippen LogP contribution in [0.5, 0.6) is 0 Å². The molecule has 0 radical (unpaired) electrons. The third-order valence-corrected chi connectivity index (χ3v) is 2.84. The van der Waals surface area contributed by atoms with Gasteiger partial charge >= 0.3 is 0 Å². The second kappa shape index (κ2) is 3.54. The average molecular weight is 232 g/mol. The zero-order valence-corrected chi connectivity index (χ0v) is 8.70. The Morgan fingerprint density at radius 2 is 2.00 bits per heavy atom. The van der Waals surface area contributed by atoms with Crippen molar-refractivity contribution in [3.63, 3.8) is 0 Å². The van der Waals surface area contributed by atoms with E-state index in [1.165, 1.54) is 0 Å². The van der Waals surface area contributed by atoms with E-state index in [0.717, 1.165) is 10.0 Å². The Hall–Kier alpha value is -0.410. The van der Waals surface area contributed by atoms with Crippen LogP contribution in [0.1, 0.15) is 16.7 Å². The molecule has 66 valence electrons. The zero-order chi connectivity index (χ0) is 9.30. The maximum absolute atomic E-state index is 13.4. The SMILES string of the molecule is Cc1c(Br)cc(CN)c(C)c1F. The van der Waals surface area contributed by atoms with E-state index in [0.29, 0.717) is 17.7 Å². The number of halogens is 2. The normalized spacial score (nSPS) is 10.4. The average Bonchev–Trinajstić information content (AvgIpc) is 2.08. The lowest BCUT2D eigenvalue weighted by atomic mass is 10.1. The first-order valence-electron chi connectivity index (χ1n) is 3.72. The van der Waals surface area contributed by atoms with Crippen molar-refractivity contribution in [1.29, 1.82) is 0 Å². The molecule has 0 amide bonds. The van der Waals surface area contributed by atoms with Gasteiger partial charge in [0.25, 0.3) is 0 Å². The fraction of sp³-hybridized carbons (Fsp3) is 0.333. The highest BCUT2D eigenvalue weighted by Crippen LogP contribution is 2.24. The lowest BCUT2D eigenvalue weighted by Gasteiger charge is -2.08. The van der Waals surface area contributed by atoms with Gasteiger partial charge in [-0.15, -0.1) is 0 Å². The number of hydrogen-bond donors (Lipinski definition) is 1. The van der Waals surface area contributed by atoms with Crippen LogP contribution in [0, 0.1) is 19.7 Å². The Kier molecular flexibility index (Phi) is 2.85. The summed E-state index contributed by atoms with van der Waals surface area (Å²) in [4.78, 5) is 0. The molecule has 0 aliphatic heterocycles. The fourth-order valence-electron chi connectivity index (χ4n) is 1.11. The van der Waals surface area contributed by atoms with E-state index in [2.05, 4.69) is 15.9 Å². The molecule has 3 heteroatoms. The summed E-state index contributed by atoms with van der Waals surface area (Å²) >= 11 is 3.28. The minimum absolute atomic E-state index is 0.162. The molecule has 0 aliphatic rings. The van der Waals surface area contributed by atoms with Crippen molar-refractivity contribution in [2.24, 2.45) is 5.73 Å². The maximum Gasteiger partial charge on any atom is 0.130 e. The van der Waals surface area contributed by atoms with E-state index >= 15 is 0 Å². The van der Waals surface area contributed by atoms with Gasteiger partial charge in [-0.3, -0.25) is 0 Å². The van der Waals surface area contributed by atoms with Crippen molar-refractivity contribution >= 4 is 15.9 Å². The summed E-state index contributed by atoms with van der Waals surface area (Å²) in [5, 5.41) is 0. The lowest BCUT2D eigenvalue weighted by Crippen LogP contribution is -2.02. The number of hydrogen-bond acceptors (Lipinski definition) is 1. The van der Waals surface area contributed by atoms with Crippen molar-refractivity contribution in [1.82, 2.24) is 0 Å². The Balaban J connectivity index is 3.39. The van der Waals surface area contributed by atoms with Gasteiger partial charge in [0.1, 0.15) is 5.82 Å². The first kappa shape index (κ1) is 9.68. The highest BCUT2D eigenvalue weighted by Gasteiger charge is 2.09. The molecule has 0 saturated heterocycles. The van der Waals surface area contributed by atoms with Gasteiger partial charge in [-0.05, 0) is 36.6 Å². The third kappa shape index (κ3) is 1.52. The Morgan fingerprint density at radius 1 is 1.42 bits per heavy atom. The predicted molar refractivity (Wildman–Crippen MR) is 51.5 cm³/mol. The Labute approximate surface area is 79.9 Å². The van der Waals surface area contributed by atoms with E-state index < -0.39 is 0 Å². The van der Waals surface area contributed by atoms with Crippen LogP contribution in [-0.2, 0) is 6.54 Å². The van der Waals surface area contributed by atoms with Gasteiger partial charge in [0.2, 0.25) is 0 Å². The standard InChI is InChI=1S/C9H11BrFN/c1-5-7(4-12)3-8(10)6(2)9(5)11/h3H,4,12H2,1-2H3. The van der Waals surface area contributed by atoms with Crippen molar-refractivity contribution in [2.45, 2.75) is 20.4 Å². The van der Waals surface area contributed by atoms with Crippen LogP contribution < -0.4 is 5.73 Å². The van der Waals surface area contributed by atoms with E-state index in [-0.39, 0.29) is 5.82 Å². The molecule has 0 fully saturated rings. The van der Waals surface area contributed by atoms with Crippen LogP contribution in [0.4, 0.5) is 4.39 Å². The molecule has 0 atom stereocenters. The van der Waals surface area contributed by atoms with Gasteiger partial charge in [-0.25, -0.2) is 4.39 Å². The first-order valence-corrected chi connectivity index (χ1v) is 4.51. The van der Waals surface area contributed by atoms with Crippen LogP contribution >= 0.6 is 15.9 Å². The summed E-state index contributed by atoms with van der Waals surface area (Å²) in [5.74, 6) is -0.162. The van der Waals surface area contributed by atoms with Crippen LogP contribution in [0.3, 0.4) is 0 Å². The first-order chi connectivity index (χ1) is 5.57. The third-order valence-electron chi connectivity index (χ3n) is 2.02. The molecule has 1 rings (SSSR count). The summed E-state index contributed by atoms with van der Waals surface area (Å²) in [7, 11) is 0. The predicted octanol–water partition coefficient (Wildman–Crippen LogP) is 2.66. The molecular weight excluding hydrogens is 221 g/mol. The molecule has 1 aromatic carbocycles. The van der Waals surface area contributed by atoms with Crippen LogP contribution in [-0.4, -0.2) is 0 Å². The number of rotatable bonds is 1. The summed E-state index contributed by atoms with van der Waals surface area (Å²) in [6.07, 6.45) is 0. The highest BCUT2D eigenvalue weighted by atomic mass is 79.9. The molecule has 1 nitrogen and oxygen atoms in total. The van der Waals surface area contributed by atoms with E-state index in [1.54, 1.807) is 13.8 Å². The van der Waals surface area contributed by atoms with E-state index in [9.17, 15) is 4.39 Å². The molecule has 0 aliphatic carbocycles. The van der Waals surface area contributed by atoms with Gasteiger partial charge in [0, 0.05) is 11.0 Å².